The van der Waals surface area contributed by atoms with Crippen LogP contribution in [0.1, 0.15) is 44.6 Å². The molecule has 1 aliphatic heterocycles. The van der Waals surface area contributed by atoms with E-state index in [1.54, 1.807) is 7.11 Å². The summed E-state index contributed by atoms with van der Waals surface area (Å²) >= 11 is 0. The van der Waals surface area contributed by atoms with Gasteiger partial charge in [0.15, 0.2) is 5.96 Å². The Morgan fingerprint density at radius 3 is 2.58 bits per heavy atom. The van der Waals surface area contributed by atoms with E-state index >= 15 is 0 Å². The molecule has 1 saturated heterocycles. The van der Waals surface area contributed by atoms with Crippen LogP contribution < -0.4 is 15.5 Å². The van der Waals surface area contributed by atoms with Crippen molar-refractivity contribution in [2.75, 3.05) is 44.8 Å². The SMILES string of the molecule is CCNC(=NCc1ccc(N2CCCCCC2)nc1)NCCCOC.I. The van der Waals surface area contributed by atoms with Crippen molar-refractivity contribution in [2.24, 2.45) is 4.99 Å². The van der Waals surface area contributed by atoms with Gasteiger partial charge in [-0.2, -0.15) is 0 Å². The first-order chi connectivity index (χ1) is 12.3. The van der Waals surface area contributed by atoms with Crippen molar-refractivity contribution >= 4 is 35.8 Å². The van der Waals surface area contributed by atoms with Gasteiger partial charge in [-0.3, -0.25) is 0 Å². The highest BCUT2D eigenvalue weighted by Gasteiger charge is 2.10. The molecule has 0 bridgehead atoms. The minimum absolute atomic E-state index is 0. The number of nitrogens with one attached hydrogen (secondary N) is 2. The predicted octanol–water partition coefficient (Wildman–Crippen LogP) is 3.17. The quantitative estimate of drug-likeness (QED) is 0.262. The van der Waals surface area contributed by atoms with E-state index in [4.69, 9.17) is 4.74 Å². The minimum Gasteiger partial charge on any atom is -0.385 e. The predicted molar refractivity (Wildman–Crippen MR) is 120 cm³/mol. The van der Waals surface area contributed by atoms with Crippen LogP contribution in [0.15, 0.2) is 23.3 Å². The van der Waals surface area contributed by atoms with E-state index in [-0.39, 0.29) is 24.0 Å². The first kappa shape index (κ1) is 23.0. The van der Waals surface area contributed by atoms with E-state index in [2.05, 4.69) is 44.6 Å². The van der Waals surface area contributed by atoms with Gasteiger partial charge in [0.2, 0.25) is 0 Å². The molecule has 0 aliphatic carbocycles. The van der Waals surface area contributed by atoms with E-state index in [1.807, 2.05) is 6.20 Å². The van der Waals surface area contributed by atoms with Gasteiger partial charge in [0.25, 0.3) is 0 Å². The molecule has 2 rings (SSSR count). The minimum atomic E-state index is 0. The van der Waals surface area contributed by atoms with Gasteiger partial charge >= 0.3 is 0 Å². The maximum Gasteiger partial charge on any atom is 0.191 e. The summed E-state index contributed by atoms with van der Waals surface area (Å²) in [5.41, 5.74) is 1.13. The van der Waals surface area contributed by atoms with Gasteiger partial charge in [-0.25, -0.2) is 9.98 Å². The van der Waals surface area contributed by atoms with Crippen LogP contribution in [-0.2, 0) is 11.3 Å². The molecular weight excluding hydrogens is 441 g/mol. The maximum atomic E-state index is 5.07. The summed E-state index contributed by atoms with van der Waals surface area (Å²) in [7, 11) is 1.72. The van der Waals surface area contributed by atoms with Gasteiger partial charge in [0.1, 0.15) is 5.82 Å². The zero-order chi connectivity index (χ0) is 17.7. The molecule has 2 heterocycles. The van der Waals surface area contributed by atoms with E-state index in [1.165, 1.54) is 25.7 Å². The molecule has 0 radical (unpaired) electrons. The summed E-state index contributed by atoms with van der Waals surface area (Å²) in [5, 5.41) is 6.60. The molecule has 2 N–H and O–H groups in total. The first-order valence-electron chi connectivity index (χ1n) is 9.54. The lowest BCUT2D eigenvalue weighted by Gasteiger charge is -2.21. The number of hydrogen-bond donors (Lipinski definition) is 2. The number of anilines is 1. The van der Waals surface area contributed by atoms with Gasteiger partial charge in [0, 0.05) is 46.1 Å². The fourth-order valence-corrected chi connectivity index (χ4v) is 2.93. The maximum absolute atomic E-state index is 5.07. The average molecular weight is 475 g/mol. The summed E-state index contributed by atoms with van der Waals surface area (Å²) in [6.07, 6.45) is 8.15. The molecule has 0 spiro atoms. The van der Waals surface area contributed by atoms with E-state index < -0.39 is 0 Å². The van der Waals surface area contributed by atoms with Crippen molar-refractivity contribution in [1.82, 2.24) is 15.6 Å². The molecule has 7 heteroatoms. The molecular formula is C19H34IN5O. The van der Waals surface area contributed by atoms with E-state index in [0.29, 0.717) is 6.54 Å². The van der Waals surface area contributed by atoms with Crippen molar-refractivity contribution in [2.45, 2.75) is 45.6 Å². The number of ether oxygens (including phenoxy) is 1. The van der Waals surface area contributed by atoms with Crippen LogP contribution in [0.2, 0.25) is 0 Å². The van der Waals surface area contributed by atoms with Gasteiger partial charge < -0.3 is 20.3 Å². The average Bonchev–Trinajstić information content (AvgIpc) is 2.93. The Morgan fingerprint density at radius 2 is 1.96 bits per heavy atom. The zero-order valence-electron chi connectivity index (χ0n) is 16.2. The van der Waals surface area contributed by atoms with Crippen molar-refractivity contribution in [3.05, 3.63) is 23.9 Å². The summed E-state index contributed by atoms with van der Waals surface area (Å²) in [5.74, 6) is 1.94. The number of rotatable bonds is 8. The number of halogens is 1. The largest absolute Gasteiger partial charge is 0.385 e. The molecule has 1 aromatic rings. The Bertz CT molecular complexity index is 501. The number of guanidine groups is 1. The molecule has 1 aromatic heterocycles. The third-order valence-electron chi connectivity index (χ3n) is 4.32. The molecule has 26 heavy (non-hydrogen) atoms. The number of nitrogens with zero attached hydrogens (tertiary/aromatic N) is 3. The smallest absolute Gasteiger partial charge is 0.191 e. The van der Waals surface area contributed by atoms with Gasteiger partial charge in [-0.1, -0.05) is 18.9 Å². The lowest BCUT2D eigenvalue weighted by Crippen LogP contribution is -2.38. The second-order valence-electron chi connectivity index (χ2n) is 6.39. The third kappa shape index (κ3) is 8.53. The number of aliphatic imine (C=N–C) groups is 1. The molecule has 0 aromatic carbocycles. The number of pyridine rings is 1. The van der Waals surface area contributed by atoms with E-state index in [9.17, 15) is 0 Å². The fraction of sp³-hybridized carbons (Fsp3) is 0.684. The van der Waals surface area contributed by atoms with Crippen LogP contribution in [0, 0.1) is 0 Å². The summed E-state index contributed by atoms with van der Waals surface area (Å²) < 4.78 is 5.07. The molecule has 148 valence electrons. The lowest BCUT2D eigenvalue weighted by molar-refractivity contribution is 0.195. The molecule has 1 aliphatic rings. The standard InChI is InChI=1S/C19H33N5O.HI/c1-3-20-19(21-11-8-14-25-2)23-16-17-9-10-18(22-15-17)24-12-6-4-5-7-13-24;/h9-10,15H,3-8,11-14,16H2,1-2H3,(H2,20,21,23);1H. The van der Waals surface area contributed by atoms with E-state index in [0.717, 1.165) is 56.5 Å². The second-order valence-corrected chi connectivity index (χ2v) is 6.39. The van der Waals surface area contributed by atoms with Gasteiger partial charge in [-0.15, -0.1) is 24.0 Å². The number of aromatic nitrogens is 1. The monoisotopic (exact) mass is 475 g/mol. The summed E-state index contributed by atoms with van der Waals surface area (Å²) in [4.78, 5) is 11.7. The molecule has 0 unspecified atom stereocenters. The number of hydrogen-bond acceptors (Lipinski definition) is 4. The lowest BCUT2D eigenvalue weighted by atomic mass is 10.2. The zero-order valence-corrected chi connectivity index (χ0v) is 18.5. The topological polar surface area (TPSA) is 61.8 Å². The highest BCUT2D eigenvalue weighted by atomic mass is 127. The second kappa shape index (κ2) is 14.0. The van der Waals surface area contributed by atoms with Crippen molar-refractivity contribution < 1.29 is 4.74 Å². The Kier molecular flexibility index (Phi) is 12.4. The highest BCUT2D eigenvalue weighted by Crippen LogP contribution is 2.17. The molecule has 0 saturated carbocycles. The van der Waals surface area contributed by atoms with Gasteiger partial charge in [-0.05, 0) is 37.8 Å². The highest BCUT2D eigenvalue weighted by molar-refractivity contribution is 14.0. The van der Waals surface area contributed by atoms with Crippen LogP contribution in [-0.4, -0.2) is 50.8 Å². The van der Waals surface area contributed by atoms with Gasteiger partial charge in [0.05, 0.1) is 6.54 Å². The molecule has 0 amide bonds. The molecule has 6 nitrogen and oxygen atoms in total. The number of methoxy groups -OCH3 is 1. The molecule has 0 atom stereocenters. The third-order valence-corrected chi connectivity index (χ3v) is 4.32. The summed E-state index contributed by atoms with van der Waals surface area (Å²) in [6, 6.07) is 4.28. The van der Waals surface area contributed by atoms with Crippen molar-refractivity contribution in [3.63, 3.8) is 0 Å². The Hall–Kier alpha value is -1.09. The Labute approximate surface area is 175 Å². The first-order valence-corrected chi connectivity index (χ1v) is 9.54. The van der Waals surface area contributed by atoms with Crippen molar-refractivity contribution in [3.8, 4) is 0 Å². The van der Waals surface area contributed by atoms with Crippen LogP contribution in [0.3, 0.4) is 0 Å². The fourth-order valence-electron chi connectivity index (χ4n) is 2.93. The summed E-state index contributed by atoms with van der Waals surface area (Å²) in [6.45, 7) is 7.42. The Morgan fingerprint density at radius 1 is 1.19 bits per heavy atom. The van der Waals surface area contributed by atoms with Crippen LogP contribution in [0.25, 0.3) is 0 Å². The van der Waals surface area contributed by atoms with Crippen LogP contribution in [0.4, 0.5) is 5.82 Å². The molecule has 1 fully saturated rings. The normalized spacial score (nSPS) is 15.2. The van der Waals surface area contributed by atoms with Crippen LogP contribution in [0.5, 0.6) is 0 Å². The Balaban J connectivity index is 0.00000338. The van der Waals surface area contributed by atoms with Crippen molar-refractivity contribution in [1.29, 1.82) is 0 Å². The van der Waals surface area contributed by atoms with Crippen LogP contribution >= 0.6 is 24.0 Å².